The van der Waals surface area contributed by atoms with E-state index in [1.54, 1.807) is 34.7 Å². The van der Waals surface area contributed by atoms with E-state index in [9.17, 15) is 9.90 Å². The number of aromatic nitrogens is 3. The molecule has 1 aliphatic heterocycles. The predicted molar refractivity (Wildman–Crippen MR) is 91.8 cm³/mol. The van der Waals surface area contributed by atoms with Crippen molar-refractivity contribution >= 4 is 17.2 Å². The van der Waals surface area contributed by atoms with Crippen LogP contribution in [0, 0.1) is 6.92 Å². The second-order valence-corrected chi connectivity index (χ2v) is 7.46. The lowest BCUT2D eigenvalue weighted by atomic mass is 9.99. The quantitative estimate of drug-likeness (QED) is 0.684. The Hall–Kier alpha value is -2.38. The first-order valence-electron chi connectivity index (χ1n) is 7.82. The molecule has 7 heteroatoms. The Morgan fingerprint density at radius 3 is 2.96 bits per heavy atom. The lowest BCUT2D eigenvalue weighted by Crippen LogP contribution is -2.34. The first-order valence-corrected chi connectivity index (χ1v) is 8.63. The van der Waals surface area contributed by atoms with Crippen LogP contribution in [0.25, 0.3) is 10.4 Å². The molecule has 24 heavy (non-hydrogen) atoms. The first-order chi connectivity index (χ1) is 11.6. The van der Waals surface area contributed by atoms with Crippen LogP contribution in [0.3, 0.4) is 0 Å². The summed E-state index contributed by atoms with van der Waals surface area (Å²) in [6, 6.07) is 5.84. The van der Waals surface area contributed by atoms with Crippen LogP contribution in [0.4, 0.5) is 0 Å². The number of aliphatic hydroxyl groups is 1. The number of thiophene rings is 1. The molecule has 0 spiro atoms. The van der Waals surface area contributed by atoms with Crippen molar-refractivity contribution in [2.45, 2.75) is 18.9 Å². The van der Waals surface area contributed by atoms with Gasteiger partial charge in [0, 0.05) is 46.9 Å². The lowest BCUT2D eigenvalue weighted by Gasteiger charge is -2.22. The van der Waals surface area contributed by atoms with Crippen molar-refractivity contribution in [3.63, 3.8) is 0 Å². The normalized spacial score (nSPS) is 20.7. The number of nitrogens with zero attached hydrogens (tertiary/aromatic N) is 2. The molecule has 1 amide bonds. The number of hydrogen-bond acceptors (Lipinski definition) is 4. The van der Waals surface area contributed by atoms with E-state index in [1.165, 1.54) is 4.88 Å². The van der Waals surface area contributed by atoms with Gasteiger partial charge in [0.1, 0.15) is 5.60 Å². The fraction of sp³-hybridized carbons (Fsp3) is 0.294. The standard InChI is InChI=1S/C17H18N4O2S/c1-11-2-3-14(24-11)12-8-18-9-13(12)16(22)21-7-5-17(23,10-21)15-4-6-19-20-15/h2-4,6,8-9,18,23H,5,7,10H2,1H3,(H,19,20). The molecular formula is C17H18N4O2S. The number of rotatable bonds is 3. The maximum atomic E-state index is 12.9. The van der Waals surface area contributed by atoms with Crippen molar-refractivity contribution in [3.05, 3.63) is 52.9 Å². The minimum atomic E-state index is -1.05. The molecule has 124 valence electrons. The molecule has 6 nitrogen and oxygen atoms in total. The minimum absolute atomic E-state index is 0.0623. The molecule has 4 rings (SSSR count). The smallest absolute Gasteiger partial charge is 0.256 e. The topological polar surface area (TPSA) is 85.0 Å². The van der Waals surface area contributed by atoms with Crippen molar-refractivity contribution in [1.82, 2.24) is 20.1 Å². The number of nitrogens with one attached hydrogen (secondary N) is 2. The van der Waals surface area contributed by atoms with E-state index in [-0.39, 0.29) is 12.5 Å². The number of carbonyl (C=O) groups is 1. The molecule has 3 aromatic heterocycles. The molecule has 0 aromatic carbocycles. The third-order valence-electron chi connectivity index (χ3n) is 4.52. The van der Waals surface area contributed by atoms with Gasteiger partial charge in [0.15, 0.2) is 0 Å². The zero-order valence-electron chi connectivity index (χ0n) is 13.2. The summed E-state index contributed by atoms with van der Waals surface area (Å²) in [4.78, 5) is 20.0. The van der Waals surface area contributed by atoms with E-state index in [0.29, 0.717) is 24.2 Å². The second kappa shape index (κ2) is 5.61. The molecule has 0 bridgehead atoms. The highest BCUT2D eigenvalue weighted by Crippen LogP contribution is 2.34. The molecular weight excluding hydrogens is 324 g/mol. The van der Waals surface area contributed by atoms with Gasteiger partial charge < -0.3 is 15.0 Å². The van der Waals surface area contributed by atoms with E-state index >= 15 is 0 Å². The largest absolute Gasteiger partial charge is 0.382 e. The number of likely N-dealkylation sites (tertiary alicyclic amines) is 1. The summed E-state index contributed by atoms with van der Waals surface area (Å²) < 4.78 is 0. The SMILES string of the molecule is Cc1ccc(-c2c[nH]cc2C(=O)N2CCC(O)(c3ccn[nH]3)C2)s1. The van der Waals surface area contributed by atoms with E-state index in [4.69, 9.17) is 0 Å². The molecule has 0 aliphatic carbocycles. The summed E-state index contributed by atoms with van der Waals surface area (Å²) in [6.07, 6.45) is 5.70. The fourth-order valence-corrected chi connectivity index (χ4v) is 4.09. The maximum Gasteiger partial charge on any atom is 0.256 e. The number of β-amino-alcohol motifs (C(OH)–C–C–N with tert-alkyl or cyclic N) is 1. The van der Waals surface area contributed by atoms with Crippen LogP contribution >= 0.6 is 11.3 Å². The fourth-order valence-electron chi connectivity index (χ4n) is 3.20. The molecule has 3 aromatic rings. The molecule has 1 saturated heterocycles. The molecule has 1 unspecified atom stereocenters. The number of H-pyrrole nitrogens is 2. The van der Waals surface area contributed by atoms with Gasteiger partial charge in [-0.2, -0.15) is 5.10 Å². The van der Waals surface area contributed by atoms with Gasteiger partial charge in [0.2, 0.25) is 0 Å². The zero-order valence-corrected chi connectivity index (χ0v) is 14.1. The van der Waals surface area contributed by atoms with Crippen LogP contribution in [0.1, 0.15) is 27.3 Å². The van der Waals surface area contributed by atoms with Gasteiger partial charge in [0.25, 0.3) is 5.91 Å². The monoisotopic (exact) mass is 342 g/mol. The molecule has 0 radical (unpaired) electrons. The van der Waals surface area contributed by atoms with E-state index in [0.717, 1.165) is 10.4 Å². The van der Waals surface area contributed by atoms with Crippen molar-refractivity contribution in [2.24, 2.45) is 0 Å². The summed E-state index contributed by atoms with van der Waals surface area (Å²) in [6.45, 7) is 2.83. The number of amides is 1. The summed E-state index contributed by atoms with van der Waals surface area (Å²) >= 11 is 1.66. The first kappa shape index (κ1) is 15.2. The summed E-state index contributed by atoms with van der Waals surface area (Å²) in [7, 11) is 0. The summed E-state index contributed by atoms with van der Waals surface area (Å²) in [5.41, 5.74) is 1.16. The van der Waals surface area contributed by atoms with Crippen molar-refractivity contribution < 1.29 is 9.90 Å². The van der Waals surface area contributed by atoms with E-state index in [1.807, 2.05) is 25.3 Å². The van der Waals surface area contributed by atoms with Gasteiger partial charge >= 0.3 is 0 Å². The Morgan fingerprint density at radius 2 is 2.25 bits per heavy atom. The second-order valence-electron chi connectivity index (χ2n) is 6.17. The molecule has 3 N–H and O–H groups in total. The number of hydrogen-bond donors (Lipinski definition) is 3. The van der Waals surface area contributed by atoms with Gasteiger partial charge in [0.05, 0.1) is 17.8 Å². The van der Waals surface area contributed by atoms with Gasteiger partial charge in [-0.15, -0.1) is 11.3 Å². The number of carbonyl (C=O) groups excluding carboxylic acids is 1. The van der Waals surface area contributed by atoms with Crippen LogP contribution in [0.5, 0.6) is 0 Å². The zero-order chi connectivity index (χ0) is 16.7. The summed E-state index contributed by atoms with van der Waals surface area (Å²) in [5.74, 6) is -0.0623. The van der Waals surface area contributed by atoms with Crippen LogP contribution in [0.2, 0.25) is 0 Å². The van der Waals surface area contributed by atoms with Crippen molar-refractivity contribution in [1.29, 1.82) is 0 Å². The van der Waals surface area contributed by atoms with Gasteiger partial charge in [-0.3, -0.25) is 9.89 Å². The maximum absolute atomic E-state index is 12.9. The van der Waals surface area contributed by atoms with Crippen LogP contribution in [-0.2, 0) is 5.60 Å². The minimum Gasteiger partial charge on any atom is -0.382 e. The molecule has 1 aliphatic rings. The highest BCUT2D eigenvalue weighted by Gasteiger charge is 2.41. The lowest BCUT2D eigenvalue weighted by molar-refractivity contribution is 0.0382. The molecule has 1 fully saturated rings. The number of aromatic amines is 2. The van der Waals surface area contributed by atoms with Gasteiger partial charge in [-0.25, -0.2) is 0 Å². The Kier molecular flexibility index (Phi) is 3.54. The third kappa shape index (κ3) is 2.46. The third-order valence-corrected chi connectivity index (χ3v) is 5.55. The van der Waals surface area contributed by atoms with Gasteiger partial charge in [-0.05, 0) is 25.1 Å². The average Bonchev–Trinajstić information content (AvgIpc) is 3.33. The molecule has 0 saturated carbocycles. The van der Waals surface area contributed by atoms with Crippen LogP contribution in [0.15, 0.2) is 36.8 Å². The Balaban J connectivity index is 1.59. The highest BCUT2D eigenvalue weighted by molar-refractivity contribution is 7.15. The van der Waals surface area contributed by atoms with Gasteiger partial charge in [-0.1, -0.05) is 0 Å². The number of aryl methyl sites for hydroxylation is 1. The van der Waals surface area contributed by atoms with Crippen LogP contribution < -0.4 is 0 Å². The van der Waals surface area contributed by atoms with E-state index in [2.05, 4.69) is 15.2 Å². The van der Waals surface area contributed by atoms with Crippen LogP contribution in [-0.4, -0.2) is 44.2 Å². The van der Waals surface area contributed by atoms with Crippen molar-refractivity contribution in [2.75, 3.05) is 13.1 Å². The summed E-state index contributed by atoms with van der Waals surface area (Å²) in [5, 5.41) is 17.5. The highest BCUT2D eigenvalue weighted by atomic mass is 32.1. The Bertz CT molecular complexity index is 867. The Morgan fingerprint density at radius 1 is 1.38 bits per heavy atom. The Labute approximate surface area is 143 Å². The molecule has 4 heterocycles. The van der Waals surface area contributed by atoms with Crippen molar-refractivity contribution in [3.8, 4) is 10.4 Å². The predicted octanol–water partition coefficient (Wildman–Crippen LogP) is 2.51. The average molecular weight is 342 g/mol. The van der Waals surface area contributed by atoms with E-state index < -0.39 is 5.60 Å². The molecule has 1 atom stereocenters.